The number of nitrogens with two attached hydrogens (primary N) is 1. The van der Waals surface area contributed by atoms with E-state index in [1.54, 1.807) is 4.90 Å². The minimum atomic E-state index is -1.74. The zero-order valence-corrected chi connectivity index (χ0v) is 15.9. The zero-order chi connectivity index (χ0) is 21.0. The third kappa shape index (κ3) is 2.16. The number of hydrogen-bond acceptors (Lipinski definition) is 5. The van der Waals surface area contributed by atoms with Crippen molar-refractivity contribution >= 4 is 23.1 Å². The van der Waals surface area contributed by atoms with Gasteiger partial charge in [-0.15, -0.1) is 0 Å². The fraction of sp³-hybridized carbons (Fsp3) is 0.174. The number of halogens is 1. The number of para-hydroxylation sites is 1. The van der Waals surface area contributed by atoms with Crippen LogP contribution in [0.3, 0.4) is 0 Å². The van der Waals surface area contributed by atoms with Crippen molar-refractivity contribution in [2.24, 2.45) is 5.73 Å². The number of nitriles is 1. The molecule has 1 aliphatic carbocycles. The van der Waals surface area contributed by atoms with E-state index in [2.05, 4.69) is 11.4 Å². The average molecular weight is 400 g/mol. The lowest BCUT2D eigenvalue weighted by Gasteiger charge is -2.43. The summed E-state index contributed by atoms with van der Waals surface area (Å²) in [5.41, 5.74) is 6.80. The Morgan fingerprint density at radius 1 is 1.13 bits per heavy atom. The van der Waals surface area contributed by atoms with E-state index in [1.165, 1.54) is 18.2 Å². The minimum Gasteiger partial charge on any atom is -0.384 e. The molecule has 148 valence electrons. The van der Waals surface area contributed by atoms with E-state index >= 15 is 0 Å². The van der Waals surface area contributed by atoms with Gasteiger partial charge in [-0.3, -0.25) is 14.5 Å². The molecule has 0 aromatic heterocycles. The molecule has 7 heteroatoms. The van der Waals surface area contributed by atoms with E-state index in [4.69, 9.17) is 5.73 Å². The summed E-state index contributed by atoms with van der Waals surface area (Å²) in [5.74, 6) is -1.27. The van der Waals surface area contributed by atoms with Crippen molar-refractivity contribution in [1.82, 2.24) is 0 Å². The molecule has 0 unspecified atom stereocenters. The quantitative estimate of drug-likeness (QED) is 0.766. The summed E-state index contributed by atoms with van der Waals surface area (Å²) in [5, 5.41) is 12.8. The largest absolute Gasteiger partial charge is 0.384 e. The van der Waals surface area contributed by atoms with Crippen LogP contribution in [-0.2, 0) is 15.0 Å². The van der Waals surface area contributed by atoms with Gasteiger partial charge in [-0.1, -0.05) is 18.2 Å². The van der Waals surface area contributed by atoms with Crippen LogP contribution in [0.4, 0.5) is 15.8 Å². The molecule has 3 N–H and O–H groups in total. The lowest BCUT2D eigenvalue weighted by Crippen LogP contribution is -2.50. The number of nitrogens with zero attached hydrogens (tertiary/aromatic N) is 2. The van der Waals surface area contributed by atoms with Crippen LogP contribution in [-0.4, -0.2) is 11.7 Å². The van der Waals surface area contributed by atoms with Gasteiger partial charge in [0.1, 0.15) is 23.1 Å². The highest BCUT2D eigenvalue weighted by Gasteiger charge is 2.60. The highest BCUT2D eigenvalue weighted by Crippen LogP contribution is 2.55. The van der Waals surface area contributed by atoms with Crippen molar-refractivity contribution in [3.8, 4) is 6.07 Å². The molecule has 0 saturated carbocycles. The average Bonchev–Trinajstić information content (AvgIpc) is 3.01. The number of carbonyl (C=O) groups is 2. The molecular weight excluding hydrogens is 383 g/mol. The van der Waals surface area contributed by atoms with E-state index in [0.717, 1.165) is 0 Å². The van der Waals surface area contributed by atoms with Gasteiger partial charge >= 0.3 is 0 Å². The van der Waals surface area contributed by atoms with Gasteiger partial charge in [-0.05, 0) is 43.2 Å². The van der Waals surface area contributed by atoms with Crippen LogP contribution in [0.5, 0.6) is 0 Å². The molecule has 30 heavy (non-hydrogen) atoms. The summed E-state index contributed by atoms with van der Waals surface area (Å²) in [6, 6.07) is 15.1. The number of benzene rings is 2. The second-order valence-electron chi connectivity index (χ2n) is 7.54. The van der Waals surface area contributed by atoms with Gasteiger partial charge in [-0.2, -0.15) is 5.26 Å². The van der Waals surface area contributed by atoms with Gasteiger partial charge < -0.3 is 11.1 Å². The number of fused-ring (bicyclic) bond motifs is 3. The first-order chi connectivity index (χ1) is 14.5. The third-order valence-corrected chi connectivity index (χ3v) is 6.00. The maximum absolute atomic E-state index is 14.2. The lowest BCUT2D eigenvalue weighted by molar-refractivity contribution is -0.122. The first-order valence-corrected chi connectivity index (χ1v) is 9.64. The highest BCUT2D eigenvalue weighted by molar-refractivity contribution is 6.19. The Kier molecular flexibility index (Phi) is 3.80. The number of rotatable bonds is 1. The minimum absolute atomic E-state index is 0.0674. The molecular formula is C23H17FN4O2. The predicted molar refractivity (Wildman–Crippen MR) is 108 cm³/mol. The predicted octanol–water partition coefficient (Wildman–Crippen LogP) is 3.24. The molecule has 3 aliphatic rings. The van der Waals surface area contributed by atoms with Gasteiger partial charge in [-0.25, -0.2) is 4.39 Å². The second kappa shape index (κ2) is 6.29. The Balaban J connectivity index is 1.90. The summed E-state index contributed by atoms with van der Waals surface area (Å²) >= 11 is 0. The number of Topliss-reactive ketones (excluding diaryl/α,β-unsaturated/α-hetero) is 1. The van der Waals surface area contributed by atoms with E-state index in [-0.39, 0.29) is 34.7 Å². The molecule has 0 saturated heterocycles. The van der Waals surface area contributed by atoms with Crippen molar-refractivity contribution in [2.45, 2.75) is 24.7 Å². The van der Waals surface area contributed by atoms with Gasteiger partial charge in [0.05, 0.1) is 5.57 Å². The van der Waals surface area contributed by atoms with Crippen molar-refractivity contribution in [3.05, 3.63) is 82.6 Å². The monoisotopic (exact) mass is 400 g/mol. The summed E-state index contributed by atoms with van der Waals surface area (Å²) in [7, 11) is 0. The molecule has 2 heterocycles. The van der Waals surface area contributed by atoms with E-state index < -0.39 is 17.1 Å². The molecule has 1 amide bonds. The van der Waals surface area contributed by atoms with Crippen LogP contribution >= 0.6 is 0 Å². The summed E-state index contributed by atoms with van der Waals surface area (Å²) < 4.78 is 14.2. The molecule has 0 bridgehead atoms. The third-order valence-electron chi connectivity index (χ3n) is 6.00. The number of carbonyl (C=O) groups excluding carboxylic acids is 2. The molecule has 1 spiro atoms. The number of amides is 1. The van der Waals surface area contributed by atoms with E-state index in [1.807, 2.05) is 30.3 Å². The number of nitrogens with one attached hydrogen (secondary N) is 1. The van der Waals surface area contributed by atoms with Crippen LogP contribution in [0, 0.1) is 17.1 Å². The van der Waals surface area contributed by atoms with Crippen molar-refractivity contribution in [1.29, 1.82) is 5.26 Å². The summed E-state index contributed by atoms with van der Waals surface area (Å²) in [6.07, 6.45) is 1.36. The molecule has 0 fully saturated rings. The van der Waals surface area contributed by atoms with Crippen LogP contribution < -0.4 is 16.0 Å². The summed E-state index contributed by atoms with van der Waals surface area (Å²) in [6.45, 7) is 0. The molecule has 0 radical (unpaired) electrons. The molecule has 2 aromatic rings. The molecule has 6 nitrogen and oxygen atoms in total. The molecule has 2 aliphatic heterocycles. The normalized spacial score (nSPS) is 22.7. The molecule has 5 rings (SSSR count). The standard InChI is InChI=1S/C23H17FN4O2/c24-13-9-10-17-15(11-13)23(22(30)27-17)16(12-25)21(26)28(14-5-2-1-3-6-14)18-7-4-8-19(29)20(18)23/h1-3,5-6,9-11H,4,7-8,26H2,(H,27,30)/t23-/m0/s1. The van der Waals surface area contributed by atoms with Gasteiger partial charge in [0.25, 0.3) is 0 Å². The van der Waals surface area contributed by atoms with Gasteiger partial charge in [0, 0.05) is 34.6 Å². The Morgan fingerprint density at radius 3 is 2.63 bits per heavy atom. The van der Waals surface area contributed by atoms with E-state index in [9.17, 15) is 19.2 Å². The maximum atomic E-state index is 14.2. The first-order valence-electron chi connectivity index (χ1n) is 9.64. The highest BCUT2D eigenvalue weighted by atomic mass is 19.1. The van der Waals surface area contributed by atoms with Crippen molar-refractivity contribution in [2.75, 3.05) is 10.2 Å². The fourth-order valence-electron chi connectivity index (χ4n) is 4.83. The first kappa shape index (κ1) is 18.1. The Morgan fingerprint density at radius 2 is 1.90 bits per heavy atom. The van der Waals surface area contributed by atoms with Crippen LogP contribution in [0.25, 0.3) is 0 Å². The Hall–Kier alpha value is -3.92. The number of allylic oxidation sites excluding steroid dienone is 1. The van der Waals surface area contributed by atoms with Crippen LogP contribution in [0.2, 0.25) is 0 Å². The fourth-order valence-corrected chi connectivity index (χ4v) is 4.83. The molecule has 2 aromatic carbocycles. The van der Waals surface area contributed by atoms with E-state index in [0.29, 0.717) is 29.9 Å². The number of ketones is 1. The lowest BCUT2D eigenvalue weighted by atomic mass is 9.64. The smallest absolute Gasteiger partial charge is 0.245 e. The number of hydrogen-bond donors (Lipinski definition) is 2. The van der Waals surface area contributed by atoms with Crippen molar-refractivity contribution < 1.29 is 14.0 Å². The second-order valence-corrected chi connectivity index (χ2v) is 7.54. The maximum Gasteiger partial charge on any atom is 0.245 e. The van der Waals surface area contributed by atoms with Crippen molar-refractivity contribution in [3.63, 3.8) is 0 Å². The number of anilines is 2. The zero-order valence-electron chi connectivity index (χ0n) is 15.9. The van der Waals surface area contributed by atoms with Crippen LogP contribution in [0.1, 0.15) is 24.8 Å². The Labute approximate surface area is 172 Å². The summed E-state index contributed by atoms with van der Waals surface area (Å²) in [4.78, 5) is 28.3. The van der Waals surface area contributed by atoms with Crippen LogP contribution in [0.15, 0.2) is 71.2 Å². The Bertz CT molecular complexity index is 1230. The van der Waals surface area contributed by atoms with Gasteiger partial charge in [0.15, 0.2) is 5.78 Å². The molecule has 1 atom stereocenters. The topological polar surface area (TPSA) is 99.2 Å². The van der Waals surface area contributed by atoms with Gasteiger partial charge in [0.2, 0.25) is 5.91 Å². The SMILES string of the molecule is N#CC1=C(N)N(c2ccccc2)C2=C(C(=O)CCC2)[C@@]12C(=O)Nc1ccc(F)cc12.